The normalized spacial score (nSPS) is 25.8. The van der Waals surface area contributed by atoms with Crippen molar-refractivity contribution in [1.29, 1.82) is 5.41 Å². The van der Waals surface area contributed by atoms with Crippen LogP contribution in [0.3, 0.4) is 0 Å². The average Bonchev–Trinajstić information content (AvgIpc) is 2.03. The van der Waals surface area contributed by atoms with E-state index in [0.29, 0.717) is 13.0 Å². The van der Waals surface area contributed by atoms with Crippen LogP contribution in [0.1, 0.15) is 19.3 Å². The van der Waals surface area contributed by atoms with Gasteiger partial charge in [-0.15, -0.1) is 0 Å². The Morgan fingerprint density at radius 2 is 2.08 bits per heavy atom. The van der Waals surface area contributed by atoms with Crippen molar-refractivity contribution < 1.29 is 8.42 Å². The van der Waals surface area contributed by atoms with Crippen molar-refractivity contribution in [3.05, 3.63) is 0 Å². The van der Waals surface area contributed by atoms with E-state index in [1.807, 2.05) is 0 Å². The second kappa shape index (κ2) is 3.60. The number of rotatable bonds is 2. The van der Waals surface area contributed by atoms with E-state index in [2.05, 4.69) is 0 Å². The summed E-state index contributed by atoms with van der Waals surface area (Å²) in [6.45, 7) is 0.364. The lowest BCUT2D eigenvalue weighted by Crippen LogP contribution is -2.52. The van der Waals surface area contributed by atoms with E-state index in [4.69, 9.17) is 16.3 Å². The van der Waals surface area contributed by atoms with E-state index in [0.717, 1.165) is 17.1 Å². The Bertz CT molecular complexity index is 300. The Kier molecular flexibility index (Phi) is 2.89. The quantitative estimate of drug-likeness (QED) is 0.397. The van der Waals surface area contributed by atoms with E-state index in [1.165, 1.54) is 0 Å². The predicted molar refractivity (Wildman–Crippen MR) is 49.4 cm³/mol. The van der Waals surface area contributed by atoms with Crippen molar-refractivity contribution in [2.45, 2.75) is 25.3 Å². The molecule has 1 atom stereocenters. The molecule has 0 amide bonds. The van der Waals surface area contributed by atoms with E-state index >= 15 is 0 Å². The van der Waals surface area contributed by atoms with Gasteiger partial charge in [0.1, 0.15) is 5.84 Å². The second-order valence-electron chi connectivity index (χ2n) is 3.12. The Labute approximate surface area is 77.6 Å². The van der Waals surface area contributed by atoms with Gasteiger partial charge >= 0.3 is 0 Å². The molecule has 1 rings (SSSR count). The lowest BCUT2D eigenvalue weighted by molar-refractivity contribution is 0.304. The molecule has 0 aromatic carbocycles. The van der Waals surface area contributed by atoms with Crippen molar-refractivity contribution in [3.63, 3.8) is 0 Å². The molecule has 0 saturated carbocycles. The summed E-state index contributed by atoms with van der Waals surface area (Å²) in [5.41, 5.74) is 5.28. The SMILES string of the molecule is N=C(N)C1CCCCN1S(N)(=O)=O. The second-order valence-corrected chi connectivity index (χ2v) is 4.62. The Hall–Kier alpha value is -0.660. The van der Waals surface area contributed by atoms with Crippen molar-refractivity contribution in [2.24, 2.45) is 10.9 Å². The number of hydrogen-bond acceptors (Lipinski definition) is 3. The van der Waals surface area contributed by atoms with Crippen LogP contribution < -0.4 is 10.9 Å². The van der Waals surface area contributed by atoms with Gasteiger partial charge in [-0.3, -0.25) is 5.41 Å². The minimum Gasteiger partial charge on any atom is -0.386 e. The third kappa shape index (κ3) is 2.39. The minimum absolute atomic E-state index is 0.131. The first-order chi connectivity index (χ1) is 5.93. The monoisotopic (exact) mass is 206 g/mol. The van der Waals surface area contributed by atoms with Gasteiger partial charge in [0.05, 0.1) is 6.04 Å². The largest absolute Gasteiger partial charge is 0.386 e. The highest BCUT2D eigenvalue weighted by molar-refractivity contribution is 7.86. The molecular weight excluding hydrogens is 192 g/mol. The van der Waals surface area contributed by atoms with Crippen LogP contribution in [0.2, 0.25) is 0 Å². The molecule has 5 N–H and O–H groups in total. The van der Waals surface area contributed by atoms with Gasteiger partial charge < -0.3 is 5.73 Å². The minimum atomic E-state index is -3.71. The molecule has 0 spiro atoms. The highest BCUT2D eigenvalue weighted by Gasteiger charge is 2.31. The van der Waals surface area contributed by atoms with Gasteiger partial charge in [0.15, 0.2) is 0 Å². The maximum absolute atomic E-state index is 11.1. The number of hydrogen-bond donors (Lipinski definition) is 3. The first kappa shape index (κ1) is 10.4. The van der Waals surface area contributed by atoms with Crippen LogP contribution in [0.25, 0.3) is 0 Å². The highest BCUT2D eigenvalue weighted by atomic mass is 32.2. The number of amidine groups is 1. The fourth-order valence-electron chi connectivity index (χ4n) is 1.52. The molecule has 7 heteroatoms. The highest BCUT2D eigenvalue weighted by Crippen LogP contribution is 2.18. The molecule has 1 unspecified atom stereocenters. The van der Waals surface area contributed by atoms with Crippen LogP contribution in [0, 0.1) is 5.41 Å². The molecule has 0 aromatic heterocycles. The van der Waals surface area contributed by atoms with Gasteiger partial charge in [0, 0.05) is 6.54 Å². The molecule has 6 nitrogen and oxygen atoms in total. The van der Waals surface area contributed by atoms with Crippen LogP contribution in [0.4, 0.5) is 0 Å². The number of nitrogens with zero attached hydrogens (tertiary/aromatic N) is 1. The molecule has 1 aliphatic rings. The van der Waals surface area contributed by atoms with Crippen molar-refractivity contribution in [3.8, 4) is 0 Å². The van der Waals surface area contributed by atoms with Gasteiger partial charge in [-0.1, -0.05) is 6.42 Å². The molecule has 1 heterocycles. The van der Waals surface area contributed by atoms with Gasteiger partial charge in [0.25, 0.3) is 10.2 Å². The molecule has 76 valence electrons. The van der Waals surface area contributed by atoms with Gasteiger partial charge in [-0.25, -0.2) is 5.14 Å². The molecule has 1 saturated heterocycles. The summed E-state index contributed by atoms with van der Waals surface area (Å²) in [7, 11) is -3.71. The zero-order valence-corrected chi connectivity index (χ0v) is 8.05. The molecule has 0 aromatic rings. The van der Waals surface area contributed by atoms with Crippen LogP contribution in [0.5, 0.6) is 0 Å². The molecule has 13 heavy (non-hydrogen) atoms. The first-order valence-electron chi connectivity index (χ1n) is 4.06. The molecular formula is C6H14N4O2S. The van der Waals surface area contributed by atoms with Crippen molar-refractivity contribution >= 4 is 16.0 Å². The lowest BCUT2D eigenvalue weighted by Gasteiger charge is -2.32. The van der Waals surface area contributed by atoms with Crippen LogP contribution in [-0.2, 0) is 10.2 Å². The summed E-state index contributed by atoms with van der Waals surface area (Å²) >= 11 is 0. The van der Waals surface area contributed by atoms with Crippen molar-refractivity contribution in [1.82, 2.24) is 4.31 Å². The topological polar surface area (TPSA) is 113 Å². The van der Waals surface area contributed by atoms with Crippen LogP contribution in [-0.4, -0.2) is 31.1 Å². The Morgan fingerprint density at radius 3 is 2.46 bits per heavy atom. The fourth-order valence-corrected chi connectivity index (χ4v) is 2.48. The van der Waals surface area contributed by atoms with E-state index < -0.39 is 16.3 Å². The van der Waals surface area contributed by atoms with Crippen LogP contribution in [0.15, 0.2) is 0 Å². The van der Waals surface area contributed by atoms with Gasteiger partial charge in [-0.2, -0.15) is 12.7 Å². The zero-order chi connectivity index (χ0) is 10.1. The molecule has 1 aliphatic heterocycles. The smallest absolute Gasteiger partial charge is 0.277 e. The first-order valence-corrected chi connectivity index (χ1v) is 5.56. The Morgan fingerprint density at radius 1 is 1.46 bits per heavy atom. The van der Waals surface area contributed by atoms with E-state index in [-0.39, 0.29) is 5.84 Å². The summed E-state index contributed by atoms with van der Waals surface area (Å²) in [5.74, 6) is -0.131. The molecule has 0 bridgehead atoms. The number of nitrogens with two attached hydrogens (primary N) is 2. The predicted octanol–water partition coefficient (Wildman–Crippen LogP) is -1.02. The number of piperidine rings is 1. The maximum atomic E-state index is 11.1. The fraction of sp³-hybridized carbons (Fsp3) is 0.833. The summed E-state index contributed by atoms with van der Waals surface area (Å²) in [6.07, 6.45) is 2.25. The zero-order valence-electron chi connectivity index (χ0n) is 7.23. The third-order valence-electron chi connectivity index (χ3n) is 2.14. The summed E-state index contributed by atoms with van der Waals surface area (Å²) < 4.78 is 23.2. The summed E-state index contributed by atoms with van der Waals surface area (Å²) in [5, 5.41) is 12.2. The average molecular weight is 206 g/mol. The number of nitrogens with one attached hydrogen (secondary N) is 1. The van der Waals surface area contributed by atoms with E-state index in [9.17, 15) is 8.42 Å². The van der Waals surface area contributed by atoms with Crippen molar-refractivity contribution in [2.75, 3.05) is 6.54 Å². The molecule has 1 fully saturated rings. The lowest BCUT2D eigenvalue weighted by atomic mass is 10.0. The van der Waals surface area contributed by atoms with Crippen LogP contribution >= 0.6 is 0 Å². The summed E-state index contributed by atoms with van der Waals surface area (Å²) in [6, 6.07) is -0.538. The van der Waals surface area contributed by atoms with Gasteiger partial charge in [-0.05, 0) is 12.8 Å². The standard InChI is InChI=1S/C6H14N4O2S/c7-6(8)5-3-1-2-4-10(5)13(9,11)12/h5H,1-4H2,(H3,7,8)(H2,9,11,12). The molecule has 0 aliphatic carbocycles. The maximum Gasteiger partial charge on any atom is 0.277 e. The Balaban J connectivity index is 2.86. The van der Waals surface area contributed by atoms with E-state index in [1.54, 1.807) is 0 Å². The molecule has 0 radical (unpaired) electrons. The third-order valence-corrected chi connectivity index (χ3v) is 3.23. The van der Waals surface area contributed by atoms with Gasteiger partial charge in [0.2, 0.25) is 0 Å². The summed E-state index contributed by atoms with van der Waals surface area (Å²) in [4.78, 5) is 0.